The van der Waals surface area contributed by atoms with Crippen molar-refractivity contribution in [3.05, 3.63) is 32.9 Å². The van der Waals surface area contributed by atoms with Gasteiger partial charge in [0.1, 0.15) is 0 Å². The third kappa shape index (κ3) is 1.63. The summed E-state index contributed by atoms with van der Waals surface area (Å²) >= 11 is 7.85. The fourth-order valence-electron chi connectivity index (χ4n) is 0.430. The highest BCUT2D eigenvalue weighted by molar-refractivity contribution is 14.1. The lowest BCUT2D eigenvalue weighted by Crippen LogP contribution is -1.65. The summed E-state index contributed by atoms with van der Waals surface area (Å²) in [6.45, 7) is 0. The normalized spacial score (nSPS) is 9.25. The number of hydrogen-bond donors (Lipinski definition) is 0. The van der Waals surface area contributed by atoms with Crippen molar-refractivity contribution in [1.82, 2.24) is 0 Å². The van der Waals surface area contributed by atoms with Crippen LogP contribution >= 0.6 is 34.2 Å². The summed E-state index contributed by atoms with van der Waals surface area (Å²) in [4.78, 5) is 0. The van der Waals surface area contributed by atoms with Crippen LogP contribution in [0.25, 0.3) is 0 Å². The maximum absolute atomic E-state index is 5.61. The average molecular weight is 240 g/mol. The van der Waals surface area contributed by atoms with Crippen molar-refractivity contribution >= 4 is 34.2 Å². The Kier molecular flexibility index (Phi) is 2.14. The van der Waals surface area contributed by atoms with Gasteiger partial charge in [0.25, 0.3) is 0 Å². The van der Waals surface area contributed by atoms with Crippen molar-refractivity contribution in [2.75, 3.05) is 0 Å². The molecule has 1 rings (SSSR count). The van der Waals surface area contributed by atoms with Crippen molar-refractivity contribution in [2.24, 2.45) is 0 Å². The van der Waals surface area contributed by atoms with Gasteiger partial charge in [-0.3, -0.25) is 0 Å². The predicted molar refractivity (Wildman–Crippen MR) is 44.2 cm³/mol. The van der Waals surface area contributed by atoms with Crippen LogP contribution in [-0.2, 0) is 0 Å². The van der Waals surface area contributed by atoms with Gasteiger partial charge in [-0.15, -0.1) is 0 Å². The lowest BCUT2D eigenvalue weighted by molar-refractivity contribution is 1.65. The van der Waals surface area contributed by atoms with Crippen LogP contribution in [0.2, 0.25) is 5.02 Å². The zero-order chi connectivity index (χ0) is 5.98. The largest absolute Gasteiger partial charge is 0.0843 e. The van der Waals surface area contributed by atoms with Crippen molar-refractivity contribution in [2.45, 2.75) is 0 Å². The lowest BCUT2D eigenvalue weighted by Gasteiger charge is -1.86. The van der Waals surface area contributed by atoms with Crippen molar-refractivity contribution in [3.8, 4) is 0 Å². The molecule has 0 aliphatic carbocycles. The molecule has 0 spiro atoms. The third-order valence-electron chi connectivity index (χ3n) is 0.804. The number of hydrogen-bond acceptors (Lipinski definition) is 0. The van der Waals surface area contributed by atoms with Crippen LogP contribution in [0.1, 0.15) is 0 Å². The second-order valence-electron chi connectivity index (χ2n) is 1.44. The zero-order valence-electron chi connectivity index (χ0n) is 4.07. The molecule has 0 heterocycles. The minimum Gasteiger partial charge on any atom is -0.0843 e. The topological polar surface area (TPSA) is 0 Å². The van der Waals surface area contributed by atoms with Gasteiger partial charge in [0.15, 0.2) is 0 Å². The van der Waals surface area contributed by atoms with Gasteiger partial charge < -0.3 is 0 Å². The minimum atomic E-state index is 0.797. The summed E-state index contributed by atoms with van der Waals surface area (Å²) in [6.07, 6.45) is 0. The lowest BCUT2D eigenvalue weighted by atomic mass is 10.5. The highest BCUT2D eigenvalue weighted by Gasteiger charge is 1.83. The molecule has 0 unspecified atom stereocenters. The molecule has 0 amide bonds. The Balaban J connectivity index is 3.03. The van der Waals surface area contributed by atoms with E-state index in [0.717, 1.165) is 5.02 Å². The van der Waals surface area contributed by atoms with E-state index in [2.05, 4.69) is 22.6 Å². The standard InChI is InChI=1S/C6H4ClI/c7-5-1-3-6(8)4-2-5/h1-4H/i6+2. The molecule has 0 saturated carbocycles. The zero-order valence-corrected chi connectivity index (χ0v) is 6.98. The van der Waals surface area contributed by atoms with Gasteiger partial charge in [-0.05, 0) is 46.9 Å². The van der Waals surface area contributed by atoms with Gasteiger partial charge in [-0.25, -0.2) is 0 Å². The van der Waals surface area contributed by atoms with Crippen LogP contribution < -0.4 is 0 Å². The van der Waals surface area contributed by atoms with Crippen LogP contribution in [0.15, 0.2) is 24.3 Å². The van der Waals surface area contributed by atoms with E-state index in [4.69, 9.17) is 11.6 Å². The highest BCUT2D eigenvalue weighted by atomic mass is 127. The Morgan fingerprint density at radius 3 is 2.25 bits per heavy atom. The van der Waals surface area contributed by atoms with Gasteiger partial charge >= 0.3 is 0 Å². The quantitative estimate of drug-likeness (QED) is 0.612. The van der Waals surface area contributed by atoms with Gasteiger partial charge in [0.05, 0.1) is 0 Å². The van der Waals surface area contributed by atoms with Crippen molar-refractivity contribution < 1.29 is 0 Å². The fourth-order valence-corrected chi connectivity index (χ4v) is 0.915. The van der Waals surface area contributed by atoms with Crippen LogP contribution in [0.4, 0.5) is 0 Å². The summed E-state index contributed by atoms with van der Waals surface area (Å²) in [6, 6.07) is 7.71. The Morgan fingerprint density at radius 1 is 1.38 bits per heavy atom. The van der Waals surface area contributed by atoms with E-state index in [9.17, 15) is 0 Å². The summed E-state index contributed by atoms with van der Waals surface area (Å²) in [5, 5.41) is 0.797. The molecule has 8 heavy (non-hydrogen) atoms. The maximum atomic E-state index is 5.61. The first-order chi connectivity index (χ1) is 3.79. The van der Waals surface area contributed by atoms with Gasteiger partial charge in [0, 0.05) is 8.59 Å². The molecule has 0 nitrogen and oxygen atoms in total. The minimum absolute atomic E-state index is 0.797. The van der Waals surface area contributed by atoms with Gasteiger partial charge in [-0.1, -0.05) is 11.6 Å². The second-order valence-corrected chi connectivity index (χ2v) is 3.12. The number of benzene rings is 1. The Bertz CT molecular complexity index is 147. The molecule has 0 aromatic heterocycles. The molecular formula is C6H4ClI. The Labute approximate surface area is 67.0 Å². The van der Waals surface area contributed by atoms with Crippen molar-refractivity contribution in [3.63, 3.8) is 0 Å². The molecule has 0 atom stereocenters. The summed E-state index contributed by atoms with van der Waals surface area (Å²) < 4.78 is 1.21. The summed E-state index contributed by atoms with van der Waals surface area (Å²) in [5.41, 5.74) is 0. The molecule has 0 saturated heterocycles. The van der Waals surface area contributed by atoms with E-state index in [1.165, 1.54) is 3.57 Å². The monoisotopic (exact) mass is 240 g/mol. The molecule has 0 aliphatic rings. The van der Waals surface area contributed by atoms with E-state index in [1.54, 1.807) is 0 Å². The van der Waals surface area contributed by atoms with Crippen molar-refractivity contribution in [1.29, 1.82) is 0 Å². The molecule has 1 aromatic carbocycles. The van der Waals surface area contributed by atoms with E-state index < -0.39 is 0 Å². The van der Waals surface area contributed by atoms with E-state index >= 15 is 0 Å². The first kappa shape index (κ1) is 6.36. The molecule has 42 valence electrons. The fraction of sp³-hybridized carbons (Fsp3) is 0. The molecule has 0 fully saturated rings. The highest BCUT2D eigenvalue weighted by Crippen LogP contribution is 2.10. The van der Waals surface area contributed by atoms with E-state index in [-0.39, 0.29) is 0 Å². The summed E-state index contributed by atoms with van der Waals surface area (Å²) in [5.74, 6) is 0. The maximum Gasteiger partial charge on any atom is 0.0406 e. The molecule has 1 aromatic rings. The van der Waals surface area contributed by atoms with Crippen LogP contribution in [-0.4, -0.2) is 0 Å². The molecule has 0 bridgehead atoms. The third-order valence-corrected chi connectivity index (χ3v) is 1.77. The second kappa shape index (κ2) is 2.69. The van der Waals surface area contributed by atoms with E-state index in [0.29, 0.717) is 0 Å². The molecule has 0 aliphatic heterocycles. The van der Waals surface area contributed by atoms with Crippen LogP contribution in [0.5, 0.6) is 0 Å². The Morgan fingerprint density at radius 2 is 1.88 bits per heavy atom. The van der Waals surface area contributed by atoms with Crippen LogP contribution in [0.3, 0.4) is 0 Å². The van der Waals surface area contributed by atoms with Crippen LogP contribution in [0, 0.1) is 3.57 Å². The molecular weight excluding hydrogens is 236 g/mol. The number of rotatable bonds is 0. The smallest absolute Gasteiger partial charge is 0.0406 e. The molecule has 0 radical (unpaired) electrons. The first-order valence-electron chi connectivity index (χ1n) is 2.20. The SMILES string of the molecule is Clc1cc[14c](I)cc1. The average Bonchev–Trinajstić information content (AvgIpc) is 1.77. The summed E-state index contributed by atoms with van der Waals surface area (Å²) in [7, 11) is 0. The number of halogens is 2. The predicted octanol–water partition coefficient (Wildman–Crippen LogP) is 2.94. The molecule has 2 heteroatoms. The van der Waals surface area contributed by atoms with E-state index in [1.807, 2.05) is 24.3 Å². The Hall–Kier alpha value is 0.240. The molecule has 0 N–H and O–H groups in total. The first-order valence-corrected chi connectivity index (χ1v) is 3.66. The van der Waals surface area contributed by atoms with Gasteiger partial charge in [-0.2, -0.15) is 0 Å². The van der Waals surface area contributed by atoms with Gasteiger partial charge in [0.2, 0.25) is 0 Å².